The third-order valence-corrected chi connectivity index (χ3v) is 4.56. The number of nitrogens with one attached hydrogen (secondary N) is 2. The Hall–Kier alpha value is -2.13. The van der Waals surface area contributed by atoms with Gasteiger partial charge in [-0.25, -0.2) is 0 Å². The monoisotopic (exact) mass is 386 g/mol. The normalized spacial score (nSPS) is 17.4. The van der Waals surface area contributed by atoms with Crippen LogP contribution < -0.4 is 10.6 Å². The fourth-order valence-corrected chi connectivity index (χ4v) is 3.03. The number of carbonyl (C=O) groups excluding carboxylic acids is 2. The van der Waals surface area contributed by atoms with E-state index in [1.807, 2.05) is 23.6 Å². The van der Waals surface area contributed by atoms with Crippen LogP contribution in [0, 0.1) is 0 Å². The van der Waals surface area contributed by atoms with Gasteiger partial charge in [0.2, 0.25) is 11.8 Å². The van der Waals surface area contributed by atoms with Crippen molar-refractivity contribution in [3.05, 3.63) is 29.8 Å². The van der Waals surface area contributed by atoms with E-state index in [2.05, 4.69) is 10.6 Å². The van der Waals surface area contributed by atoms with Gasteiger partial charge >= 0.3 is 6.18 Å². The molecule has 1 heterocycles. The van der Waals surface area contributed by atoms with Gasteiger partial charge in [0.1, 0.15) is 0 Å². The molecule has 1 aliphatic rings. The zero-order chi connectivity index (χ0) is 20.0. The minimum atomic E-state index is -4.52. The highest BCUT2D eigenvalue weighted by molar-refractivity contribution is 5.93. The number of anilines is 1. The molecule has 0 spiro atoms. The molecule has 2 N–H and O–H groups in total. The Kier molecular flexibility index (Phi) is 7.20. The maximum atomic E-state index is 13.0. The van der Waals surface area contributed by atoms with Crippen LogP contribution in [0.2, 0.25) is 0 Å². The summed E-state index contributed by atoms with van der Waals surface area (Å²) in [6.07, 6.45) is -4.52. The first-order chi connectivity index (χ1) is 12.7. The maximum Gasteiger partial charge on any atom is 0.418 e. The molecule has 150 valence electrons. The Morgan fingerprint density at radius 3 is 2.37 bits per heavy atom. The summed E-state index contributed by atoms with van der Waals surface area (Å²) in [6, 6.07) is 4.67. The van der Waals surface area contributed by atoms with Crippen molar-refractivity contribution in [2.45, 2.75) is 26.1 Å². The topological polar surface area (TPSA) is 64.7 Å². The molecule has 2 rings (SSSR count). The van der Waals surface area contributed by atoms with Crippen molar-refractivity contribution in [3.8, 4) is 0 Å². The number of benzene rings is 1. The minimum absolute atomic E-state index is 0.00949. The molecule has 2 amide bonds. The van der Waals surface area contributed by atoms with Crippen molar-refractivity contribution in [1.82, 2.24) is 15.1 Å². The smallest absolute Gasteiger partial charge is 0.355 e. The van der Waals surface area contributed by atoms with Gasteiger partial charge in [0.15, 0.2) is 0 Å². The van der Waals surface area contributed by atoms with Gasteiger partial charge in [-0.05, 0) is 26.0 Å². The number of amides is 2. The van der Waals surface area contributed by atoms with Crippen molar-refractivity contribution in [3.63, 3.8) is 0 Å². The van der Waals surface area contributed by atoms with E-state index in [1.54, 1.807) is 0 Å². The second-order valence-electron chi connectivity index (χ2n) is 6.47. The Balaban J connectivity index is 1.86. The zero-order valence-electron chi connectivity index (χ0n) is 15.5. The molecular weight excluding hydrogens is 361 g/mol. The first-order valence-corrected chi connectivity index (χ1v) is 8.92. The van der Waals surface area contributed by atoms with Crippen molar-refractivity contribution >= 4 is 17.5 Å². The van der Waals surface area contributed by atoms with Gasteiger partial charge in [0.25, 0.3) is 0 Å². The van der Waals surface area contributed by atoms with Crippen LogP contribution in [0.3, 0.4) is 0 Å². The van der Waals surface area contributed by atoms with Crippen LogP contribution in [0.15, 0.2) is 24.3 Å². The van der Waals surface area contributed by atoms with E-state index in [4.69, 9.17) is 0 Å². The lowest BCUT2D eigenvalue weighted by Gasteiger charge is -2.37. The van der Waals surface area contributed by atoms with E-state index in [0.29, 0.717) is 32.7 Å². The third-order valence-electron chi connectivity index (χ3n) is 4.56. The van der Waals surface area contributed by atoms with Crippen LogP contribution in [-0.4, -0.2) is 66.9 Å². The van der Waals surface area contributed by atoms with Gasteiger partial charge in [-0.1, -0.05) is 12.1 Å². The standard InChI is InChI=1S/C18H25F3N4O2/c1-3-22-17(27)13(2)25-10-8-24(9-11-25)12-16(26)23-15-7-5-4-6-14(15)18(19,20)21/h4-7,13H,3,8-12H2,1-2H3,(H,22,27)(H,23,26)/t13-/m0/s1. The maximum absolute atomic E-state index is 13.0. The fourth-order valence-electron chi connectivity index (χ4n) is 3.03. The SMILES string of the molecule is CCNC(=O)[C@H](C)N1CCN(CC(=O)Nc2ccccc2C(F)(F)F)CC1. The lowest BCUT2D eigenvalue weighted by Crippen LogP contribution is -2.54. The van der Waals surface area contributed by atoms with Gasteiger partial charge in [0, 0.05) is 32.7 Å². The number of rotatable bonds is 6. The second-order valence-corrected chi connectivity index (χ2v) is 6.47. The molecule has 0 bridgehead atoms. The number of hydrogen-bond acceptors (Lipinski definition) is 4. The lowest BCUT2D eigenvalue weighted by molar-refractivity contribution is -0.137. The molecule has 0 radical (unpaired) electrons. The van der Waals surface area contributed by atoms with Crippen LogP contribution in [-0.2, 0) is 15.8 Å². The molecule has 0 saturated carbocycles. The molecule has 1 aliphatic heterocycles. The highest BCUT2D eigenvalue weighted by Gasteiger charge is 2.33. The molecule has 6 nitrogen and oxygen atoms in total. The molecule has 9 heteroatoms. The fraction of sp³-hybridized carbons (Fsp3) is 0.556. The summed E-state index contributed by atoms with van der Waals surface area (Å²) in [7, 11) is 0. The Bertz CT molecular complexity index is 658. The average Bonchev–Trinajstić information content (AvgIpc) is 2.61. The predicted octanol–water partition coefficient (Wildman–Crippen LogP) is 1.79. The number of carbonyl (C=O) groups is 2. The van der Waals surface area contributed by atoms with E-state index < -0.39 is 17.6 Å². The van der Waals surface area contributed by atoms with Gasteiger partial charge in [-0.15, -0.1) is 0 Å². The van der Waals surface area contributed by atoms with Gasteiger partial charge < -0.3 is 10.6 Å². The number of alkyl halides is 3. The molecule has 27 heavy (non-hydrogen) atoms. The van der Waals surface area contributed by atoms with Crippen LogP contribution >= 0.6 is 0 Å². The third kappa shape index (κ3) is 5.93. The molecule has 1 aromatic carbocycles. The van der Waals surface area contributed by atoms with Gasteiger partial charge in [-0.2, -0.15) is 13.2 Å². The molecule has 1 saturated heterocycles. The summed E-state index contributed by atoms with van der Waals surface area (Å²) in [4.78, 5) is 28.0. The Labute approximate surface area is 156 Å². The molecule has 0 aliphatic carbocycles. The van der Waals surface area contributed by atoms with Crippen molar-refractivity contribution < 1.29 is 22.8 Å². The number of para-hydroxylation sites is 1. The summed E-state index contributed by atoms with van der Waals surface area (Å²) in [5, 5.41) is 5.14. The summed E-state index contributed by atoms with van der Waals surface area (Å²) in [5.41, 5.74) is -1.10. The quantitative estimate of drug-likeness (QED) is 0.783. The van der Waals surface area contributed by atoms with E-state index >= 15 is 0 Å². The summed E-state index contributed by atoms with van der Waals surface area (Å²) >= 11 is 0. The van der Waals surface area contributed by atoms with E-state index in [1.165, 1.54) is 18.2 Å². The molecule has 1 fully saturated rings. The summed E-state index contributed by atoms with van der Waals surface area (Å²) < 4.78 is 39.0. The second kappa shape index (κ2) is 9.18. The predicted molar refractivity (Wildman–Crippen MR) is 96.2 cm³/mol. The van der Waals surface area contributed by atoms with Crippen molar-refractivity contribution in [2.75, 3.05) is 44.6 Å². The first-order valence-electron chi connectivity index (χ1n) is 8.92. The summed E-state index contributed by atoms with van der Waals surface area (Å²) in [5.74, 6) is -0.524. The molecular formula is C18H25F3N4O2. The molecule has 1 aromatic rings. The minimum Gasteiger partial charge on any atom is -0.355 e. The number of hydrogen-bond donors (Lipinski definition) is 2. The Morgan fingerprint density at radius 1 is 1.15 bits per heavy atom. The van der Waals surface area contributed by atoms with E-state index in [-0.39, 0.29) is 24.2 Å². The largest absolute Gasteiger partial charge is 0.418 e. The van der Waals surface area contributed by atoms with Crippen LogP contribution in [0.25, 0.3) is 0 Å². The zero-order valence-corrected chi connectivity index (χ0v) is 15.5. The molecule has 1 atom stereocenters. The lowest BCUT2D eigenvalue weighted by atomic mass is 10.1. The average molecular weight is 386 g/mol. The first kappa shape index (κ1) is 21.2. The van der Waals surface area contributed by atoms with Gasteiger partial charge in [0.05, 0.1) is 23.8 Å². The van der Waals surface area contributed by atoms with Crippen molar-refractivity contribution in [1.29, 1.82) is 0 Å². The van der Waals surface area contributed by atoms with E-state index in [0.717, 1.165) is 6.07 Å². The van der Waals surface area contributed by atoms with Crippen LogP contribution in [0.1, 0.15) is 19.4 Å². The highest BCUT2D eigenvalue weighted by atomic mass is 19.4. The number of halogens is 3. The summed E-state index contributed by atoms with van der Waals surface area (Å²) in [6.45, 7) is 6.64. The number of piperazine rings is 1. The molecule has 0 aromatic heterocycles. The Morgan fingerprint density at radius 2 is 1.78 bits per heavy atom. The van der Waals surface area contributed by atoms with Gasteiger partial charge in [-0.3, -0.25) is 19.4 Å². The number of nitrogens with zero attached hydrogens (tertiary/aromatic N) is 2. The highest BCUT2D eigenvalue weighted by Crippen LogP contribution is 2.34. The van der Waals surface area contributed by atoms with Crippen molar-refractivity contribution in [2.24, 2.45) is 0 Å². The van der Waals surface area contributed by atoms with Crippen LogP contribution in [0.4, 0.5) is 18.9 Å². The van der Waals surface area contributed by atoms with Crippen LogP contribution in [0.5, 0.6) is 0 Å². The van der Waals surface area contributed by atoms with E-state index in [9.17, 15) is 22.8 Å². The number of likely N-dealkylation sites (N-methyl/N-ethyl adjacent to an activating group) is 1. The molecule has 0 unspecified atom stereocenters.